The van der Waals surface area contributed by atoms with E-state index in [1.807, 2.05) is 0 Å². The third kappa shape index (κ3) is 4.22. The first-order valence-electron chi connectivity index (χ1n) is 5.96. The molecule has 0 radical (unpaired) electrons. The molecule has 2 aromatic rings. The zero-order valence-electron chi connectivity index (χ0n) is 11.0. The molecular formula is C15H11Br2ClO3. The fourth-order valence-electron chi connectivity index (χ4n) is 1.64. The third-order valence-corrected chi connectivity index (χ3v) is 4.22. The SMILES string of the molecule is COc1cc(Br)c(OCC(=O)c2ccc(Cl)cc2)cc1Br. The van der Waals surface area contributed by atoms with Crippen LogP contribution in [0.1, 0.15) is 10.4 Å². The Labute approximate surface area is 144 Å². The highest BCUT2D eigenvalue weighted by Crippen LogP contribution is 2.36. The van der Waals surface area contributed by atoms with Crippen LogP contribution in [-0.4, -0.2) is 19.5 Å². The minimum atomic E-state index is -0.120. The van der Waals surface area contributed by atoms with E-state index < -0.39 is 0 Å². The second-order valence-corrected chi connectivity index (χ2v) is 6.28. The van der Waals surface area contributed by atoms with Gasteiger partial charge in [-0.25, -0.2) is 0 Å². The van der Waals surface area contributed by atoms with Gasteiger partial charge < -0.3 is 9.47 Å². The lowest BCUT2D eigenvalue weighted by Gasteiger charge is -2.10. The van der Waals surface area contributed by atoms with Gasteiger partial charge in [-0.1, -0.05) is 11.6 Å². The maximum absolute atomic E-state index is 12.0. The van der Waals surface area contributed by atoms with Crippen LogP contribution >= 0.6 is 43.5 Å². The van der Waals surface area contributed by atoms with Crippen molar-refractivity contribution >= 4 is 49.2 Å². The number of ether oxygens (including phenoxy) is 2. The third-order valence-electron chi connectivity index (χ3n) is 2.73. The predicted molar refractivity (Wildman–Crippen MR) is 89.7 cm³/mol. The highest BCUT2D eigenvalue weighted by atomic mass is 79.9. The summed E-state index contributed by atoms with van der Waals surface area (Å²) in [5.74, 6) is 1.12. The van der Waals surface area contributed by atoms with E-state index in [1.54, 1.807) is 43.5 Å². The summed E-state index contributed by atoms with van der Waals surface area (Å²) >= 11 is 12.5. The molecule has 0 saturated heterocycles. The average molecular weight is 435 g/mol. The van der Waals surface area contributed by atoms with Crippen molar-refractivity contribution in [3.05, 3.63) is 55.9 Å². The fourth-order valence-corrected chi connectivity index (χ4v) is 2.69. The molecule has 21 heavy (non-hydrogen) atoms. The number of hydrogen-bond acceptors (Lipinski definition) is 3. The van der Waals surface area contributed by atoms with Crippen LogP contribution in [0.25, 0.3) is 0 Å². The summed E-state index contributed by atoms with van der Waals surface area (Å²) in [5, 5.41) is 0.592. The van der Waals surface area contributed by atoms with Crippen molar-refractivity contribution in [2.75, 3.05) is 13.7 Å². The molecule has 0 aliphatic rings. The summed E-state index contributed by atoms with van der Waals surface area (Å²) < 4.78 is 12.2. The van der Waals surface area contributed by atoms with Gasteiger partial charge in [0.2, 0.25) is 0 Å². The molecule has 3 nitrogen and oxygen atoms in total. The van der Waals surface area contributed by atoms with E-state index in [-0.39, 0.29) is 12.4 Å². The number of rotatable bonds is 5. The topological polar surface area (TPSA) is 35.5 Å². The van der Waals surface area contributed by atoms with Gasteiger partial charge in [0.25, 0.3) is 0 Å². The summed E-state index contributed by atoms with van der Waals surface area (Å²) in [6, 6.07) is 10.2. The Hall–Kier alpha value is -1.04. The van der Waals surface area contributed by atoms with Gasteiger partial charge in [0.1, 0.15) is 11.5 Å². The van der Waals surface area contributed by atoms with Gasteiger partial charge in [-0.2, -0.15) is 0 Å². The monoisotopic (exact) mass is 432 g/mol. The van der Waals surface area contributed by atoms with Gasteiger partial charge in [-0.3, -0.25) is 4.79 Å². The number of methoxy groups -OCH3 is 1. The van der Waals surface area contributed by atoms with Crippen molar-refractivity contribution in [3.63, 3.8) is 0 Å². The average Bonchev–Trinajstić information content (AvgIpc) is 2.48. The number of ketones is 1. The van der Waals surface area contributed by atoms with E-state index in [4.69, 9.17) is 21.1 Å². The molecule has 0 N–H and O–H groups in total. The Morgan fingerprint density at radius 2 is 1.67 bits per heavy atom. The zero-order valence-corrected chi connectivity index (χ0v) is 15.0. The standard InChI is InChI=1S/C15H11Br2ClO3/c1-20-14-6-12(17)15(7-11(14)16)21-8-13(19)9-2-4-10(18)5-3-9/h2-7H,8H2,1H3. The van der Waals surface area contributed by atoms with Crippen LogP contribution in [0.3, 0.4) is 0 Å². The van der Waals surface area contributed by atoms with Gasteiger partial charge >= 0.3 is 0 Å². The van der Waals surface area contributed by atoms with Crippen LogP contribution in [0.15, 0.2) is 45.3 Å². The first kappa shape index (κ1) is 16.3. The molecule has 0 heterocycles. The number of carbonyl (C=O) groups is 1. The number of halogens is 3. The Bertz CT molecular complexity index is 657. The van der Waals surface area contributed by atoms with Crippen LogP contribution in [-0.2, 0) is 0 Å². The molecule has 0 amide bonds. The van der Waals surface area contributed by atoms with Gasteiger partial charge in [0, 0.05) is 10.6 Å². The summed E-state index contributed by atoms with van der Waals surface area (Å²) in [7, 11) is 1.58. The number of Topliss-reactive ketones (excluding diaryl/α,β-unsaturated/α-hetero) is 1. The number of benzene rings is 2. The summed E-state index contributed by atoms with van der Waals surface area (Å²) in [6.45, 7) is -0.0565. The Balaban J connectivity index is 2.07. The molecular weight excluding hydrogens is 423 g/mol. The molecule has 0 saturated carbocycles. The lowest BCUT2D eigenvalue weighted by atomic mass is 10.1. The van der Waals surface area contributed by atoms with E-state index in [0.717, 1.165) is 4.47 Å². The van der Waals surface area contributed by atoms with Crippen molar-refractivity contribution in [2.24, 2.45) is 0 Å². The van der Waals surface area contributed by atoms with E-state index in [9.17, 15) is 4.79 Å². The molecule has 0 spiro atoms. The smallest absolute Gasteiger partial charge is 0.200 e. The van der Waals surface area contributed by atoms with Gasteiger partial charge in [0.15, 0.2) is 12.4 Å². The maximum Gasteiger partial charge on any atom is 0.200 e. The highest BCUT2D eigenvalue weighted by Gasteiger charge is 2.11. The van der Waals surface area contributed by atoms with Crippen LogP contribution < -0.4 is 9.47 Å². The molecule has 2 aromatic carbocycles. The van der Waals surface area contributed by atoms with Crippen molar-refractivity contribution in [2.45, 2.75) is 0 Å². The predicted octanol–water partition coefficient (Wildman–Crippen LogP) is 5.14. The molecule has 0 aliphatic heterocycles. The molecule has 2 rings (SSSR count). The Morgan fingerprint density at radius 3 is 2.29 bits per heavy atom. The van der Waals surface area contributed by atoms with E-state index in [2.05, 4.69) is 31.9 Å². The van der Waals surface area contributed by atoms with Crippen LogP contribution in [0.5, 0.6) is 11.5 Å². The van der Waals surface area contributed by atoms with Gasteiger partial charge in [-0.05, 0) is 68.3 Å². The maximum atomic E-state index is 12.0. The number of hydrogen-bond donors (Lipinski definition) is 0. The van der Waals surface area contributed by atoms with Crippen molar-refractivity contribution in [1.82, 2.24) is 0 Å². The van der Waals surface area contributed by atoms with Crippen LogP contribution in [0.4, 0.5) is 0 Å². The lowest BCUT2D eigenvalue weighted by molar-refractivity contribution is 0.0921. The molecule has 0 aliphatic carbocycles. The second kappa shape index (κ2) is 7.29. The second-order valence-electron chi connectivity index (χ2n) is 4.14. The number of carbonyl (C=O) groups excluding carboxylic acids is 1. The minimum Gasteiger partial charge on any atom is -0.496 e. The fraction of sp³-hybridized carbons (Fsp3) is 0.133. The van der Waals surface area contributed by atoms with Crippen molar-refractivity contribution in [3.8, 4) is 11.5 Å². The van der Waals surface area contributed by atoms with Gasteiger partial charge in [0.05, 0.1) is 16.1 Å². The van der Waals surface area contributed by atoms with Crippen molar-refractivity contribution < 1.29 is 14.3 Å². The molecule has 0 aromatic heterocycles. The van der Waals surface area contributed by atoms with Crippen molar-refractivity contribution in [1.29, 1.82) is 0 Å². The highest BCUT2D eigenvalue weighted by molar-refractivity contribution is 9.11. The lowest BCUT2D eigenvalue weighted by Crippen LogP contribution is -2.11. The van der Waals surface area contributed by atoms with E-state index >= 15 is 0 Å². The quantitative estimate of drug-likeness (QED) is 0.612. The van der Waals surface area contributed by atoms with Gasteiger partial charge in [-0.15, -0.1) is 0 Å². The summed E-state index contributed by atoms with van der Waals surface area (Å²) in [4.78, 5) is 12.0. The largest absolute Gasteiger partial charge is 0.496 e. The molecule has 0 unspecified atom stereocenters. The minimum absolute atomic E-state index is 0.0565. The first-order chi connectivity index (χ1) is 10.0. The van der Waals surface area contributed by atoms with E-state index in [1.165, 1.54) is 0 Å². The first-order valence-corrected chi connectivity index (χ1v) is 7.92. The Kier molecular flexibility index (Phi) is 5.67. The summed E-state index contributed by atoms with van der Waals surface area (Å²) in [6.07, 6.45) is 0. The zero-order chi connectivity index (χ0) is 15.4. The van der Waals surface area contributed by atoms with Crippen LogP contribution in [0.2, 0.25) is 5.02 Å². The molecule has 6 heteroatoms. The Morgan fingerprint density at radius 1 is 1.10 bits per heavy atom. The molecule has 0 fully saturated rings. The van der Waals surface area contributed by atoms with E-state index in [0.29, 0.717) is 26.6 Å². The molecule has 0 bridgehead atoms. The normalized spacial score (nSPS) is 10.3. The molecule has 110 valence electrons. The molecule has 0 atom stereocenters. The summed E-state index contributed by atoms with van der Waals surface area (Å²) in [5.41, 5.74) is 0.558. The van der Waals surface area contributed by atoms with Crippen LogP contribution in [0, 0.1) is 0 Å².